The SMILES string of the molecule is CCOc1ccc(Nc2cn([C@@H]3CC[C@@H](COC(=O)c4ccc(C)cc4)O3)c(=O)[nH]c2=O)cc1. The van der Waals surface area contributed by atoms with Crippen molar-refractivity contribution < 1.29 is 19.0 Å². The molecule has 34 heavy (non-hydrogen) atoms. The third-order valence-electron chi connectivity index (χ3n) is 5.50. The predicted octanol–water partition coefficient (Wildman–Crippen LogP) is 3.52. The fourth-order valence-corrected chi connectivity index (χ4v) is 3.70. The van der Waals surface area contributed by atoms with Gasteiger partial charge in [-0.05, 0) is 63.1 Å². The zero-order chi connectivity index (χ0) is 24.1. The van der Waals surface area contributed by atoms with E-state index in [4.69, 9.17) is 14.2 Å². The fourth-order valence-electron chi connectivity index (χ4n) is 3.70. The number of rotatable bonds is 8. The molecule has 0 bridgehead atoms. The van der Waals surface area contributed by atoms with Crippen LogP contribution in [0.5, 0.6) is 5.75 Å². The maximum atomic E-state index is 12.4. The van der Waals surface area contributed by atoms with Gasteiger partial charge in [-0.25, -0.2) is 9.59 Å². The summed E-state index contributed by atoms with van der Waals surface area (Å²) in [6, 6.07) is 14.3. The molecule has 1 aliphatic rings. The Morgan fingerprint density at radius 3 is 2.56 bits per heavy atom. The van der Waals surface area contributed by atoms with E-state index in [0.717, 1.165) is 11.3 Å². The smallest absolute Gasteiger partial charge is 0.338 e. The van der Waals surface area contributed by atoms with Gasteiger partial charge in [0.1, 0.15) is 24.3 Å². The van der Waals surface area contributed by atoms with Crippen LogP contribution in [0.4, 0.5) is 11.4 Å². The number of hydrogen-bond donors (Lipinski definition) is 2. The summed E-state index contributed by atoms with van der Waals surface area (Å²) in [5.41, 5.74) is 1.32. The largest absolute Gasteiger partial charge is 0.494 e. The van der Waals surface area contributed by atoms with E-state index in [1.807, 2.05) is 26.0 Å². The molecule has 2 N–H and O–H groups in total. The zero-order valence-electron chi connectivity index (χ0n) is 19.1. The Kier molecular flexibility index (Phi) is 7.12. The van der Waals surface area contributed by atoms with Crippen LogP contribution in [0.3, 0.4) is 0 Å². The van der Waals surface area contributed by atoms with Gasteiger partial charge in [-0.15, -0.1) is 0 Å². The molecule has 9 nitrogen and oxygen atoms in total. The molecule has 3 aromatic rings. The highest BCUT2D eigenvalue weighted by Crippen LogP contribution is 2.28. The molecule has 1 fully saturated rings. The molecule has 2 aromatic carbocycles. The van der Waals surface area contributed by atoms with Crippen LogP contribution in [0.15, 0.2) is 64.3 Å². The van der Waals surface area contributed by atoms with E-state index in [0.29, 0.717) is 30.7 Å². The molecule has 0 unspecified atom stereocenters. The first-order valence-corrected chi connectivity index (χ1v) is 11.2. The number of carbonyl (C=O) groups excluding carboxylic acids is 1. The summed E-state index contributed by atoms with van der Waals surface area (Å²) in [6.07, 6.45) is 1.68. The molecule has 0 radical (unpaired) electrons. The molecule has 1 aliphatic heterocycles. The second kappa shape index (κ2) is 10.4. The number of H-pyrrole nitrogens is 1. The number of aromatic nitrogens is 2. The zero-order valence-corrected chi connectivity index (χ0v) is 19.1. The van der Waals surface area contributed by atoms with E-state index in [1.165, 1.54) is 10.8 Å². The highest BCUT2D eigenvalue weighted by molar-refractivity contribution is 5.89. The topological polar surface area (TPSA) is 112 Å². The number of ether oxygens (including phenoxy) is 3. The van der Waals surface area contributed by atoms with Crippen molar-refractivity contribution in [2.45, 2.75) is 39.0 Å². The Labute approximate surface area is 196 Å². The van der Waals surface area contributed by atoms with Crippen LogP contribution in [0, 0.1) is 6.92 Å². The molecule has 2 atom stereocenters. The number of anilines is 2. The first-order valence-electron chi connectivity index (χ1n) is 11.2. The van der Waals surface area contributed by atoms with Gasteiger partial charge in [0.15, 0.2) is 0 Å². The Hall–Kier alpha value is -3.85. The number of aromatic amines is 1. The molecule has 0 saturated carbocycles. The van der Waals surface area contributed by atoms with E-state index < -0.39 is 23.4 Å². The van der Waals surface area contributed by atoms with Gasteiger partial charge >= 0.3 is 11.7 Å². The molecule has 1 aromatic heterocycles. The van der Waals surface area contributed by atoms with Crippen molar-refractivity contribution in [2.75, 3.05) is 18.5 Å². The van der Waals surface area contributed by atoms with Crippen molar-refractivity contribution in [3.63, 3.8) is 0 Å². The van der Waals surface area contributed by atoms with Crippen LogP contribution in [0.1, 0.15) is 41.9 Å². The fraction of sp³-hybridized carbons (Fsp3) is 0.320. The van der Waals surface area contributed by atoms with Gasteiger partial charge in [0.05, 0.1) is 18.3 Å². The minimum absolute atomic E-state index is 0.0819. The minimum Gasteiger partial charge on any atom is -0.494 e. The third-order valence-corrected chi connectivity index (χ3v) is 5.50. The normalized spacial score (nSPS) is 17.4. The summed E-state index contributed by atoms with van der Waals surface area (Å²) < 4.78 is 18.1. The van der Waals surface area contributed by atoms with Crippen molar-refractivity contribution in [3.8, 4) is 5.75 Å². The molecule has 4 rings (SSSR count). The lowest BCUT2D eigenvalue weighted by atomic mass is 10.1. The maximum absolute atomic E-state index is 12.4. The summed E-state index contributed by atoms with van der Waals surface area (Å²) in [6.45, 7) is 4.49. The number of aryl methyl sites for hydroxylation is 1. The van der Waals surface area contributed by atoms with Gasteiger partial charge in [0, 0.05) is 11.9 Å². The number of carbonyl (C=O) groups is 1. The lowest BCUT2D eigenvalue weighted by molar-refractivity contribution is -0.0339. The lowest BCUT2D eigenvalue weighted by Gasteiger charge is -2.17. The number of nitrogens with zero attached hydrogens (tertiary/aromatic N) is 1. The lowest BCUT2D eigenvalue weighted by Crippen LogP contribution is -2.33. The van der Waals surface area contributed by atoms with Crippen molar-refractivity contribution in [1.29, 1.82) is 0 Å². The van der Waals surface area contributed by atoms with Crippen LogP contribution >= 0.6 is 0 Å². The summed E-state index contributed by atoms with van der Waals surface area (Å²) in [4.78, 5) is 39.3. The molecule has 1 saturated heterocycles. The summed E-state index contributed by atoms with van der Waals surface area (Å²) in [5.74, 6) is 0.301. The van der Waals surface area contributed by atoms with E-state index in [9.17, 15) is 14.4 Å². The number of esters is 1. The Morgan fingerprint density at radius 2 is 1.85 bits per heavy atom. The monoisotopic (exact) mass is 465 g/mol. The quantitative estimate of drug-likeness (QED) is 0.490. The van der Waals surface area contributed by atoms with Gasteiger partial charge in [-0.3, -0.25) is 14.3 Å². The molecule has 178 valence electrons. The van der Waals surface area contributed by atoms with Gasteiger partial charge in [-0.2, -0.15) is 0 Å². The van der Waals surface area contributed by atoms with E-state index in [-0.39, 0.29) is 18.4 Å². The molecule has 9 heteroatoms. The Balaban J connectivity index is 1.40. The van der Waals surface area contributed by atoms with E-state index in [1.54, 1.807) is 36.4 Å². The Morgan fingerprint density at radius 1 is 1.12 bits per heavy atom. The average molecular weight is 466 g/mol. The maximum Gasteiger partial charge on any atom is 0.338 e. The Bertz CT molecular complexity index is 1250. The standard InChI is InChI=1S/C25H27N3O6/c1-3-32-19-10-8-18(9-11-19)26-21-14-28(25(31)27-23(21)29)22-13-12-20(34-22)15-33-24(30)17-6-4-16(2)5-7-17/h4-11,14,20,22,26H,3,12-13,15H2,1-2H3,(H,27,29,31)/t20-,22-/m0/s1. The summed E-state index contributed by atoms with van der Waals surface area (Å²) >= 11 is 0. The van der Waals surface area contributed by atoms with Gasteiger partial charge in [-0.1, -0.05) is 17.7 Å². The van der Waals surface area contributed by atoms with Crippen LogP contribution in [0.2, 0.25) is 0 Å². The molecule has 0 aliphatic carbocycles. The molecular weight excluding hydrogens is 438 g/mol. The average Bonchev–Trinajstić information content (AvgIpc) is 3.30. The predicted molar refractivity (Wildman–Crippen MR) is 127 cm³/mol. The number of nitrogens with one attached hydrogen (secondary N) is 2. The highest BCUT2D eigenvalue weighted by Gasteiger charge is 2.29. The highest BCUT2D eigenvalue weighted by atomic mass is 16.6. The van der Waals surface area contributed by atoms with Crippen molar-refractivity contribution >= 4 is 17.3 Å². The molecule has 0 spiro atoms. The van der Waals surface area contributed by atoms with Crippen molar-refractivity contribution in [3.05, 3.63) is 86.7 Å². The van der Waals surface area contributed by atoms with Crippen molar-refractivity contribution in [2.24, 2.45) is 0 Å². The van der Waals surface area contributed by atoms with Gasteiger partial charge in [0.2, 0.25) is 0 Å². The molecule has 0 amide bonds. The van der Waals surface area contributed by atoms with Gasteiger partial charge < -0.3 is 19.5 Å². The summed E-state index contributed by atoms with van der Waals surface area (Å²) in [7, 11) is 0. The van der Waals surface area contributed by atoms with E-state index >= 15 is 0 Å². The second-order valence-electron chi connectivity index (χ2n) is 8.05. The number of hydrogen-bond acceptors (Lipinski definition) is 7. The van der Waals surface area contributed by atoms with Crippen LogP contribution in [-0.2, 0) is 9.47 Å². The molecule has 2 heterocycles. The second-order valence-corrected chi connectivity index (χ2v) is 8.05. The van der Waals surface area contributed by atoms with Crippen LogP contribution < -0.4 is 21.3 Å². The first-order chi connectivity index (χ1) is 16.4. The van der Waals surface area contributed by atoms with E-state index in [2.05, 4.69) is 10.3 Å². The summed E-state index contributed by atoms with van der Waals surface area (Å²) in [5, 5.41) is 3.02. The van der Waals surface area contributed by atoms with Crippen LogP contribution in [-0.4, -0.2) is 34.8 Å². The molecular formula is C25H27N3O6. The minimum atomic E-state index is -0.576. The van der Waals surface area contributed by atoms with Crippen LogP contribution in [0.25, 0.3) is 0 Å². The first kappa shape index (κ1) is 23.3. The third kappa shape index (κ3) is 5.55. The van der Waals surface area contributed by atoms with Gasteiger partial charge in [0.25, 0.3) is 5.56 Å². The van der Waals surface area contributed by atoms with Crippen molar-refractivity contribution in [1.82, 2.24) is 9.55 Å². The number of benzene rings is 2.